The number of amides is 2. The van der Waals surface area contributed by atoms with Crippen molar-refractivity contribution < 1.29 is 78.1 Å². The largest absolute Gasteiger partial charge is 1.00 e. The number of carbonyl (C=O) groups excluding carboxylic acids is 3. The minimum absolute atomic E-state index is 0. The molecule has 2 aliphatic heterocycles. The number of rotatable bonds is 8. The van der Waals surface area contributed by atoms with Crippen LogP contribution in [0.1, 0.15) is 75.3 Å². The number of aliphatic hydroxyl groups is 2. The van der Waals surface area contributed by atoms with Crippen LogP contribution < -0.4 is 18.9 Å². The fourth-order valence-electron chi connectivity index (χ4n) is 5.60. The molecule has 254 valence electrons. The predicted octanol–water partition coefficient (Wildman–Crippen LogP) is -2.37. The zero-order valence-electron chi connectivity index (χ0n) is 27.5. The first-order chi connectivity index (χ1) is 20.2. The molecule has 6 N–H and O–H groups in total. The van der Waals surface area contributed by atoms with Crippen LogP contribution in [0.4, 0.5) is 0 Å². The quantitative estimate of drug-likeness (QED) is 0.200. The molecule has 2 aromatic rings. The fraction of sp³-hybridized carbons (Fsp3) is 0.655. The summed E-state index contributed by atoms with van der Waals surface area (Å²) in [7, 11) is 1.27. The summed E-state index contributed by atoms with van der Waals surface area (Å²) in [5, 5.41) is 36.3. The number of hydrogen-bond donors (Lipinski definition) is 3. The van der Waals surface area contributed by atoms with E-state index in [4.69, 9.17) is 13.8 Å². The third kappa shape index (κ3) is 9.87. The second-order valence-corrected chi connectivity index (χ2v) is 11.8. The maximum absolute atomic E-state index is 12.9. The number of carbonyl (C=O) groups is 4. The molecule has 2 aliphatic rings. The van der Waals surface area contributed by atoms with E-state index in [1.165, 1.54) is 16.9 Å². The molecule has 2 fully saturated rings. The van der Waals surface area contributed by atoms with Crippen molar-refractivity contribution in [1.29, 1.82) is 0 Å². The number of aliphatic carboxylic acids is 1. The number of aliphatic hydroxyl groups excluding tert-OH is 2. The Morgan fingerprint density at radius 1 is 0.826 bits per heavy atom. The van der Waals surface area contributed by atoms with Gasteiger partial charge in [0.1, 0.15) is 35.4 Å². The summed E-state index contributed by atoms with van der Waals surface area (Å²) < 4.78 is 15.2. The van der Waals surface area contributed by atoms with Crippen LogP contribution in [0.5, 0.6) is 0 Å². The van der Waals surface area contributed by atoms with Crippen LogP contribution in [-0.4, -0.2) is 115 Å². The molecule has 0 aliphatic carbocycles. The van der Waals surface area contributed by atoms with Crippen molar-refractivity contribution in [3.8, 4) is 0 Å². The molecule has 0 spiro atoms. The van der Waals surface area contributed by atoms with E-state index < -0.39 is 48.1 Å². The van der Waals surface area contributed by atoms with Crippen LogP contribution in [-0.2, 0) is 23.9 Å². The van der Waals surface area contributed by atoms with Crippen LogP contribution in [0, 0.1) is 25.7 Å². The Balaban J connectivity index is 0.000000827. The van der Waals surface area contributed by atoms with Gasteiger partial charge in [-0.25, -0.2) is 9.59 Å². The fourth-order valence-corrected chi connectivity index (χ4v) is 5.60. The molecule has 4 rings (SSSR count). The van der Waals surface area contributed by atoms with Crippen LogP contribution in [0.25, 0.3) is 0 Å². The van der Waals surface area contributed by atoms with Crippen molar-refractivity contribution in [2.45, 2.75) is 90.5 Å². The van der Waals surface area contributed by atoms with E-state index in [2.05, 4.69) is 10.3 Å². The molecule has 16 nitrogen and oxygen atoms in total. The van der Waals surface area contributed by atoms with Gasteiger partial charge in [-0.1, -0.05) is 38.0 Å². The van der Waals surface area contributed by atoms with Crippen molar-refractivity contribution in [2.75, 3.05) is 20.2 Å². The van der Waals surface area contributed by atoms with E-state index in [0.29, 0.717) is 22.9 Å². The molecule has 0 radical (unpaired) electrons. The maximum Gasteiger partial charge on any atom is 1.00 e. The van der Waals surface area contributed by atoms with E-state index in [0.717, 1.165) is 0 Å². The third-order valence-electron chi connectivity index (χ3n) is 7.65. The number of nitrogens with zero attached hydrogens (tertiary/aromatic N) is 4. The first-order valence-corrected chi connectivity index (χ1v) is 14.3. The number of likely N-dealkylation sites (tertiary alicyclic amines) is 2. The number of esters is 1. The zero-order valence-corrected chi connectivity index (χ0v) is 27.5. The minimum atomic E-state index is -1.10. The number of aryl methyl sites for hydroxylation is 2. The Morgan fingerprint density at radius 2 is 1.20 bits per heavy atom. The molecule has 2 aromatic heterocycles. The van der Waals surface area contributed by atoms with Gasteiger partial charge in [0.2, 0.25) is 11.8 Å². The number of β-amino-alcohol motifs (C(OH)–C–C–N with tert-alkyl or cyclic N) is 2. The van der Waals surface area contributed by atoms with Gasteiger partial charge in [0.25, 0.3) is 0 Å². The molecular weight excluding hydrogens is 603 g/mol. The first-order valence-electron chi connectivity index (χ1n) is 14.3. The molecule has 2 amide bonds. The second-order valence-electron chi connectivity index (χ2n) is 11.8. The van der Waals surface area contributed by atoms with Gasteiger partial charge in [-0.2, -0.15) is 0 Å². The predicted molar refractivity (Wildman–Crippen MR) is 155 cm³/mol. The van der Waals surface area contributed by atoms with E-state index in [9.17, 15) is 34.5 Å². The normalized spacial score (nSPS) is 21.7. The molecule has 0 saturated carbocycles. The van der Waals surface area contributed by atoms with Crippen molar-refractivity contribution in [1.82, 2.24) is 20.1 Å². The second kappa shape index (κ2) is 18.2. The topological polar surface area (TPSA) is 258 Å². The molecule has 2 unspecified atom stereocenters. The van der Waals surface area contributed by atoms with E-state index in [1.807, 2.05) is 27.7 Å². The summed E-state index contributed by atoms with van der Waals surface area (Å²) in [4.78, 5) is 51.3. The molecule has 2 saturated heterocycles. The summed E-state index contributed by atoms with van der Waals surface area (Å²) in [6.07, 6.45) is -1.28. The number of ether oxygens (including phenoxy) is 1. The molecule has 0 bridgehead atoms. The molecular formula is C29H45LiN4O12. The number of hydrogen-bond acceptors (Lipinski definition) is 12. The average Bonchev–Trinajstić information content (AvgIpc) is 3.71. The number of methoxy groups -OCH3 is 1. The molecule has 46 heavy (non-hydrogen) atoms. The monoisotopic (exact) mass is 648 g/mol. The van der Waals surface area contributed by atoms with Crippen LogP contribution in [0.15, 0.2) is 21.2 Å². The average molecular weight is 649 g/mol. The Bertz CT molecular complexity index is 1300. The van der Waals surface area contributed by atoms with Gasteiger partial charge in [-0.15, -0.1) is 0 Å². The van der Waals surface area contributed by atoms with Crippen LogP contribution in [0.2, 0.25) is 0 Å². The third-order valence-corrected chi connectivity index (χ3v) is 7.65. The zero-order chi connectivity index (χ0) is 32.2. The van der Waals surface area contributed by atoms with Gasteiger partial charge in [0, 0.05) is 38.1 Å². The standard InChI is InChI=1S/C15H22N2O5.C14H20N2O5.Li.2H2O/c1-8(2)13(12-5-9(3)16-22-12)14(19)17-7-10(18)6-11(17)15(20)21-4;1-7(2)12(11-4-8(3)15-21-11)13(18)16-6-9(17)5-10(16)14(19)20;;;/h5,8,10-11,13,18H,6-7H2,1-4H3;4,7,9-10,12,17H,5-6H2,1-3H3,(H,19,20);;2*1H2/q;;+1;;/p-1/t10-,11+,13?;9-,10+,12?;;;/m11.../s1. The Labute approximate surface area is 279 Å². The SMILES string of the molecule is COC(=O)[C@@H]1C[C@@H](O)CN1C(=O)C(c1cc(C)no1)C(C)C.Cc1cc(C(C(=O)N2C[C@H](O)C[C@H]2C(=O)O)C(C)C)on1.O.[Li+].[OH-]. The summed E-state index contributed by atoms with van der Waals surface area (Å²) in [6, 6.07) is 1.67. The van der Waals surface area contributed by atoms with E-state index >= 15 is 0 Å². The number of carboxylic acid groups (broad SMARTS) is 1. The smallest absolute Gasteiger partial charge is 0.870 e. The van der Waals surface area contributed by atoms with Gasteiger partial charge in [-0.3, -0.25) is 9.59 Å². The number of carboxylic acids is 1. The van der Waals surface area contributed by atoms with Crippen molar-refractivity contribution in [3.05, 3.63) is 35.0 Å². The van der Waals surface area contributed by atoms with Gasteiger partial charge in [-0.05, 0) is 25.7 Å². The summed E-state index contributed by atoms with van der Waals surface area (Å²) in [6.45, 7) is 11.2. The van der Waals surface area contributed by atoms with Crippen molar-refractivity contribution >= 4 is 23.8 Å². The minimum Gasteiger partial charge on any atom is -0.870 e. The summed E-state index contributed by atoms with van der Waals surface area (Å²) >= 11 is 0. The van der Waals surface area contributed by atoms with Crippen molar-refractivity contribution in [2.24, 2.45) is 11.8 Å². The van der Waals surface area contributed by atoms with E-state index in [1.54, 1.807) is 26.0 Å². The van der Waals surface area contributed by atoms with Gasteiger partial charge < -0.3 is 49.9 Å². The van der Waals surface area contributed by atoms with Crippen LogP contribution >= 0.6 is 0 Å². The van der Waals surface area contributed by atoms with Gasteiger partial charge >= 0.3 is 30.8 Å². The summed E-state index contributed by atoms with van der Waals surface area (Å²) in [5.74, 6) is -2.55. The Kier molecular flexibility index (Phi) is 16.9. The first kappa shape index (κ1) is 42.7. The Hall–Kier alpha value is -3.26. The number of aromatic nitrogens is 2. The van der Waals surface area contributed by atoms with Gasteiger partial charge in [0.05, 0.1) is 30.7 Å². The molecule has 0 aromatic carbocycles. The summed E-state index contributed by atoms with van der Waals surface area (Å²) in [5.41, 5.74) is 1.36. The van der Waals surface area contributed by atoms with E-state index in [-0.39, 0.29) is 79.4 Å². The molecule has 17 heteroatoms. The van der Waals surface area contributed by atoms with Crippen LogP contribution in [0.3, 0.4) is 0 Å². The van der Waals surface area contributed by atoms with Crippen molar-refractivity contribution in [3.63, 3.8) is 0 Å². The Morgan fingerprint density at radius 3 is 1.50 bits per heavy atom. The van der Waals surface area contributed by atoms with Gasteiger partial charge in [0.15, 0.2) is 0 Å². The molecule has 6 atom stereocenters. The molecule has 4 heterocycles. The maximum atomic E-state index is 12.9.